The number of nitro groups is 1. The van der Waals surface area contributed by atoms with Crippen LogP contribution in [0.4, 0.5) is 20.2 Å². The fourth-order valence-electron chi connectivity index (χ4n) is 1.93. The van der Waals surface area contributed by atoms with Crippen LogP contribution in [0.3, 0.4) is 0 Å². The van der Waals surface area contributed by atoms with Crippen LogP contribution >= 0.6 is 0 Å². The molecule has 1 aromatic carbocycles. The van der Waals surface area contributed by atoms with Gasteiger partial charge in [-0.1, -0.05) is 0 Å². The molecule has 102 valence electrons. The predicted octanol–water partition coefficient (Wildman–Crippen LogP) is 1.52. The molecule has 8 heteroatoms. The Kier molecular flexibility index (Phi) is 3.32. The van der Waals surface area contributed by atoms with E-state index in [1.54, 1.807) is 7.05 Å². The summed E-state index contributed by atoms with van der Waals surface area (Å²) in [4.78, 5) is 22.6. The highest BCUT2D eigenvalue weighted by Gasteiger charge is 2.30. The first-order valence-corrected chi connectivity index (χ1v) is 5.55. The van der Waals surface area contributed by atoms with E-state index in [4.69, 9.17) is 0 Å². The van der Waals surface area contributed by atoms with Crippen molar-refractivity contribution in [1.29, 1.82) is 0 Å². The second kappa shape index (κ2) is 4.79. The average Bonchev–Trinajstić information content (AvgIpc) is 2.65. The van der Waals surface area contributed by atoms with Gasteiger partial charge in [0.2, 0.25) is 5.91 Å². The van der Waals surface area contributed by atoms with E-state index in [1.807, 2.05) is 0 Å². The maximum absolute atomic E-state index is 13.6. The summed E-state index contributed by atoms with van der Waals surface area (Å²) in [5.74, 6) is -2.44. The number of hydrogen-bond donors (Lipinski definition) is 1. The zero-order chi connectivity index (χ0) is 14.2. The van der Waals surface area contributed by atoms with Gasteiger partial charge in [0.15, 0.2) is 11.6 Å². The Bertz CT molecular complexity index is 527. The first-order chi connectivity index (χ1) is 8.90. The molecule has 0 bridgehead atoms. The van der Waals surface area contributed by atoms with Gasteiger partial charge >= 0.3 is 0 Å². The average molecular weight is 271 g/mol. The van der Waals surface area contributed by atoms with Gasteiger partial charge in [-0.05, 0) is 6.42 Å². The second-order valence-electron chi connectivity index (χ2n) is 4.29. The molecule has 0 radical (unpaired) electrons. The van der Waals surface area contributed by atoms with Gasteiger partial charge in [-0.15, -0.1) is 0 Å². The first-order valence-electron chi connectivity index (χ1n) is 5.55. The molecule has 1 saturated heterocycles. The van der Waals surface area contributed by atoms with Gasteiger partial charge in [-0.3, -0.25) is 14.9 Å². The molecule has 1 aliphatic rings. The molecule has 0 aliphatic carbocycles. The second-order valence-corrected chi connectivity index (χ2v) is 4.29. The van der Waals surface area contributed by atoms with Gasteiger partial charge in [0.05, 0.1) is 17.1 Å². The molecule has 1 aliphatic heterocycles. The van der Waals surface area contributed by atoms with E-state index < -0.39 is 34.0 Å². The number of nitrogens with one attached hydrogen (secondary N) is 1. The monoisotopic (exact) mass is 271 g/mol. The van der Waals surface area contributed by atoms with Crippen LogP contribution in [-0.2, 0) is 4.79 Å². The third-order valence-corrected chi connectivity index (χ3v) is 2.98. The summed E-state index contributed by atoms with van der Waals surface area (Å²) < 4.78 is 27.2. The van der Waals surface area contributed by atoms with E-state index >= 15 is 0 Å². The van der Waals surface area contributed by atoms with Crippen LogP contribution in [-0.4, -0.2) is 35.4 Å². The summed E-state index contributed by atoms with van der Waals surface area (Å²) in [6, 6.07) is 0.527. The number of rotatable bonds is 3. The number of carbonyl (C=O) groups excluding carboxylic acids is 1. The lowest BCUT2D eigenvalue weighted by atomic mass is 10.2. The van der Waals surface area contributed by atoms with E-state index in [0.717, 1.165) is 0 Å². The predicted molar refractivity (Wildman–Crippen MR) is 62.7 cm³/mol. The molecule has 1 atom stereocenters. The summed E-state index contributed by atoms with van der Waals surface area (Å²) in [6.45, 7) is 0.493. The minimum Gasteiger partial charge on any atom is -0.369 e. The number of carbonyl (C=O) groups is 1. The van der Waals surface area contributed by atoms with Crippen molar-refractivity contribution < 1.29 is 18.5 Å². The summed E-state index contributed by atoms with van der Waals surface area (Å²) >= 11 is 0. The van der Waals surface area contributed by atoms with Crippen LogP contribution in [0.5, 0.6) is 0 Å². The minimum absolute atomic E-state index is 0.267. The third kappa shape index (κ3) is 2.47. The van der Waals surface area contributed by atoms with Gasteiger partial charge in [0, 0.05) is 13.6 Å². The van der Waals surface area contributed by atoms with Gasteiger partial charge in [-0.2, -0.15) is 0 Å². The summed E-state index contributed by atoms with van der Waals surface area (Å²) in [5, 5.41) is 12.9. The Morgan fingerprint density at radius 3 is 2.42 bits per heavy atom. The van der Waals surface area contributed by atoms with Gasteiger partial charge in [-0.25, -0.2) is 8.78 Å². The van der Waals surface area contributed by atoms with Crippen molar-refractivity contribution in [3.05, 3.63) is 33.9 Å². The van der Waals surface area contributed by atoms with Crippen LogP contribution in [0.1, 0.15) is 6.42 Å². The number of likely N-dealkylation sites (N-methyl/N-ethyl adjacent to an activating group) is 1. The molecule has 2 rings (SSSR count). The van der Waals surface area contributed by atoms with E-state index in [-0.39, 0.29) is 5.91 Å². The topological polar surface area (TPSA) is 75.5 Å². The molecule has 0 aromatic heterocycles. The van der Waals surface area contributed by atoms with Crippen LogP contribution in [0.25, 0.3) is 0 Å². The third-order valence-electron chi connectivity index (χ3n) is 2.98. The number of hydrogen-bond acceptors (Lipinski definition) is 4. The molecule has 19 heavy (non-hydrogen) atoms. The van der Waals surface area contributed by atoms with Crippen LogP contribution in [0.15, 0.2) is 12.1 Å². The maximum atomic E-state index is 13.6. The molecular weight excluding hydrogens is 260 g/mol. The van der Waals surface area contributed by atoms with Crippen molar-refractivity contribution in [2.45, 2.75) is 12.5 Å². The van der Waals surface area contributed by atoms with Crippen molar-refractivity contribution in [3.63, 3.8) is 0 Å². The van der Waals surface area contributed by atoms with E-state index in [9.17, 15) is 23.7 Å². The molecule has 1 aromatic rings. The number of non-ortho nitro benzene ring substituents is 1. The Labute approximate surface area is 107 Å². The highest BCUT2D eigenvalue weighted by atomic mass is 19.1. The molecule has 1 fully saturated rings. The Hall–Kier alpha value is -2.25. The molecular formula is C11H11F2N3O3. The van der Waals surface area contributed by atoms with Crippen LogP contribution < -0.4 is 5.32 Å². The van der Waals surface area contributed by atoms with E-state index in [2.05, 4.69) is 5.32 Å². The number of likely N-dealkylation sites (tertiary alicyclic amines) is 1. The summed E-state index contributed by atoms with van der Waals surface area (Å²) in [7, 11) is 1.59. The van der Waals surface area contributed by atoms with Gasteiger partial charge in [0.1, 0.15) is 11.7 Å². The largest absolute Gasteiger partial charge is 0.369 e. The normalized spacial score (nSPS) is 18.8. The number of benzene rings is 1. The molecule has 0 spiro atoms. The van der Waals surface area contributed by atoms with Crippen molar-refractivity contribution in [3.8, 4) is 0 Å². The Balaban J connectivity index is 2.26. The molecule has 1 unspecified atom stereocenters. The number of anilines is 1. The highest BCUT2D eigenvalue weighted by molar-refractivity contribution is 5.86. The number of amides is 1. The smallest absolute Gasteiger partial charge is 0.275 e. The molecule has 1 amide bonds. The quantitative estimate of drug-likeness (QED) is 0.668. The highest BCUT2D eigenvalue weighted by Crippen LogP contribution is 2.26. The molecule has 1 N–H and O–H groups in total. The van der Waals surface area contributed by atoms with Crippen LogP contribution in [0, 0.1) is 21.7 Å². The zero-order valence-corrected chi connectivity index (χ0v) is 10.0. The van der Waals surface area contributed by atoms with Crippen molar-refractivity contribution in [2.75, 3.05) is 18.9 Å². The van der Waals surface area contributed by atoms with Crippen molar-refractivity contribution in [1.82, 2.24) is 4.90 Å². The minimum atomic E-state index is -1.09. The lowest BCUT2D eigenvalue weighted by Crippen LogP contribution is -2.31. The SMILES string of the molecule is CN1CCC(Nc2c(F)cc([N+](=O)[O-])cc2F)C1=O. The standard InChI is InChI=1S/C11H11F2N3O3/c1-15-3-2-9(11(15)17)14-10-7(12)4-6(16(18)19)5-8(10)13/h4-5,9,14H,2-3H2,1H3. The zero-order valence-electron chi connectivity index (χ0n) is 10.0. The summed E-state index contributed by atoms with van der Waals surface area (Å²) in [6.07, 6.45) is 0.422. The number of nitro benzene ring substituents is 1. The first kappa shape index (κ1) is 13.2. The van der Waals surface area contributed by atoms with E-state index in [1.165, 1.54) is 4.90 Å². The van der Waals surface area contributed by atoms with Gasteiger partial charge < -0.3 is 10.2 Å². The maximum Gasteiger partial charge on any atom is 0.275 e. The van der Waals surface area contributed by atoms with E-state index in [0.29, 0.717) is 25.1 Å². The van der Waals surface area contributed by atoms with Crippen molar-refractivity contribution >= 4 is 17.3 Å². The molecule has 6 nitrogen and oxygen atoms in total. The molecule has 1 heterocycles. The lowest BCUT2D eigenvalue weighted by molar-refractivity contribution is -0.385. The Morgan fingerprint density at radius 1 is 1.42 bits per heavy atom. The lowest BCUT2D eigenvalue weighted by Gasteiger charge is -2.14. The number of halogens is 2. The van der Waals surface area contributed by atoms with Crippen LogP contribution in [0.2, 0.25) is 0 Å². The fraction of sp³-hybridized carbons (Fsp3) is 0.364. The Morgan fingerprint density at radius 2 is 2.00 bits per heavy atom. The number of nitrogens with zero attached hydrogens (tertiary/aromatic N) is 2. The van der Waals surface area contributed by atoms with Gasteiger partial charge in [0.25, 0.3) is 5.69 Å². The summed E-state index contributed by atoms with van der Waals surface area (Å²) in [5.41, 5.74) is -1.19. The molecule has 0 saturated carbocycles. The van der Waals surface area contributed by atoms with Crippen molar-refractivity contribution in [2.24, 2.45) is 0 Å². The fourth-order valence-corrected chi connectivity index (χ4v) is 1.93.